The predicted octanol–water partition coefficient (Wildman–Crippen LogP) is 2.75. The molecule has 2 aromatic rings. The molecule has 0 fully saturated rings. The maximum absolute atomic E-state index is 5.89. The first-order valence-corrected chi connectivity index (χ1v) is 6.50. The van der Waals surface area contributed by atoms with Crippen molar-refractivity contribution < 1.29 is 0 Å². The van der Waals surface area contributed by atoms with Gasteiger partial charge in [0, 0.05) is 18.3 Å². The fraction of sp³-hybridized carbons (Fsp3) is 0.357. The summed E-state index contributed by atoms with van der Waals surface area (Å²) in [6.07, 6.45) is 5.99. The third-order valence-corrected chi connectivity index (χ3v) is 3.42. The first-order chi connectivity index (χ1) is 8.69. The lowest BCUT2D eigenvalue weighted by molar-refractivity contribution is 0.633. The van der Waals surface area contributed by atoms with Gasteiger partial charge in [-0.1, -0.05) is 23.7 Å². The standard InChI is InChI=1S/C14H18ClN3/c1-18-10-11(9-17-18)2-3-13(8-16)12-4-6-14(15)7-5-12/h4-7,9-10,13H,2-3,8,16H2,1H3. The van der Waals surface area contributed by atoms with Crippen LogP contribution in [0.3, 0.4) is 0 Å². The molecular weight excluding hydrogens is 246 g/mol. The van der Waals surface area contributed by atoms with E-state index in [0.717, 1.165) is 17.9 Å². The molecule has 0 bridgehead atoms. The fourth-order valence-corrected chi connectivity index (χ4v) is 2.22. The van der Waals surface area contributed by atoms with Gasteiger partial charge >= 0.3 is 0 Å². The Morgan fingerprint density at radius 1 is 1.33 bits per heavy atom. The minimum Gasteiger partial charge on any atom is -0.330 e. The molecule has 96 valence electrons. The summed E-state index contributed by atoms with van der Waals surface area (Å²) in [6, 6.07) is 7.96. The molecule has 1 unspecified atom stereocenters. The molecule has 1 heterocycles. The van der Waals surface area contributed by atoms with Gasteiger partial charge in [0.1, 0.15) is 0 Å². The highest BCUT2D eigenvalue weighted by Crippen LogP contribution is 2.22. The molecule has 0 spiro atoms. The average Bonchev–Trinajstić information content (AvgIpc) is 2.78. The Morgan fingerprint density at radius 3 is 2.61 bits per heavy atom. The van der Waals surface area contributed by atoms with Gasteiger partial charge in [-0.25, -0.2) is 0 Å². The van der Waals surface area contributed by atoms with Crippen molar-refractivity contribution in [3.8, 4) is 0 Å². The van der Waals surface area contributed by atoms with E-state index in [-0.39, 0.29) is 0 Å². The van der Waals surface area contributed by atoms with Crippen molar-refractivity contribution >= 4 is 11.6 Å². The van der Waals surface area contributed by atoms with Crippen LogP contribution < -0.4 is 5.73 Å². The average molecular weight is 264 g/mol. The molecule has 3 nitrogen and oxygen atoms in total. The first kappa shape index (κ1) is 13.1. The smallest absolute Gasteiger partial charge is 0.0521 e. The van der Waals surface area contributed by atoms with Crippen molar-refractivity contribution in [2.24, 2.45) is 12.8 Å². The summed E-state index contributed by atoms with van der Waals surface area (Å²) in [7, 11) is 1.93. The van der Waals surface area contributed by atoms with E-state index in [0.29, 0.717) is 12.5 Å². The molecule has 4 heteroatoms. The van der Waals surface area contributed by atoms with E-state index in [2.05, 4.69) is 23.4 Å². The molecule has 0 saturated heterocycles. The molecule has 0 amide bonds. The van der Waals surface area contributed by atoms with E-state index in [1.54, 1.807) is 0 Å². The number of nitrogens with zero attached hydrogens (tertiary/aromatic N) is 2. The lowest BCUT2D eigenvalue weighted by Gasteiger charge is -2.14. The second kappa shape index (κ2) is 6.03. The van der Waals surface area contributed by atoms with Gasteiger partial charge in [-0.05, 0) is 48.6 Å². The third-order valence-electron chi connectivity index (χ3n) is 3.17. The lowest BCUT2D eigenvalue weighted by Crippen LogP contribution is -2.13. The summed E-state index contributed by atoms with van der Waals surface area (Å²) in [4.78, 5) is 0. The summed E-state index contributed by atoms with van der Waals surface area (Å²) in [5.74, 6) is 0.377. The first-order valence-electron chi connectivity index (χ1n) is 6.12. The van der Waals surface area contributed by atoms with Crippen molar-refractivity contribution in [2.45, 2.75) is 18.8 Å². The van der Waals surface area contributed by atoms with Crippen molar-refractivity contribution in [3.05, 3.63) is 52.8 Å². The number of rotatable bonds is 5. The molecule has 18 heavy (non-hydrogen) atoms. The van der Waals surface area contributed by atoms with Gasteiger partial charge in [-0.2, -0.15) is 5.10 Å². The van der Waals surface area contributed by atoms with E-state index < -0.39 is 0 Å². The second-order valence-electron chi connectivity index (χ2n) is 4.55. The zero-order valence-corrected chi connectivity index (χ0v) is 11.3. The Hall–Kier alpha value is -1.32. The van der Waals surface area contributed by atoms with Crippen LogP contribution in [0.4, 0.5) is 0 Å². The van der Waals surface area contributed by atoms with Crippen LogP contribution in [0.5, 0.6) is 0 Å². The molecule has 2 N–H and O–H groups in total. The van der Waals surface area contributed by atoms with Gasteiger partial charge in [-0.3, -0.25) is 4.68 Å². The Labute approximate surface area is 113 Å². The van der Waals surface area contributed by atoms with Crippen LogP contribution in [0.25, 0.3) is 0 Å². The summed E-state index contributed by atoms with van der Waals surface area (Å²) < 4.78 is 1.83. The summed E-state index contributed by atoms with van der Waals surface area (Å²) >= 11 is 5.89. The van der Waals surface area contributed by atoms with Crippen LogP contribution in [0, 0.1) is 0 Å². The summed E-state index contributed by atoms with van der Waals surface area (Å²) in [5.41, 5.74) is 8.37. The maximum Gasteiger partial charge on any atom is 0.0521 e. The predicted molar refractivity (Wildman–Crippen MR) is 74.8 cm³/mol. The molecule has 1 atom stereocenters. The van der Waals surface area contributed by atoms with Crippen molar-refractivity contribution in [3.63, 3.8) is 0 Å². The van der Waals surface area contributed by atoms with Crippen LogP contribution >= 0.6 is 11.6 Å². The topological polar surface area (TPSA) is 43.8 Å². The van der Waals surface area contributed by atoms with Gasteiger partial charge < -0.3 is 5.73 Å². The van der Waals surface area contributed by atoms with Crippen LogP contribution in [-0.2, 0) is 13.5 Å². The normalized spacial score (nSPS) is 12.6. The van der Waals surface area contributed by atoms with Gasteiger partial charge in [0.2, 0.25) is 0 Å². The Kier molecular flexibility index (Phi) is 4.39. The van der Waals surface area contributed by atoms with Crippen molar-refractivity contribution in [1.82, 2.24) is 9.78 Å². The van der Waals surface area contributed by atoms with Crippen LogP contribution in [0.1, 0.15) is 23.5 Å². The number of aryl methyl sites for hydroxylation is 2. The molecule has 0 saturated carbocycles. The minimum atomic E-state index is 0.377. The number of hydrogen-bond acceptors (Lipinski definition) is 2. The highest BCUT2D eigenvalue weighted by atomic mass is 35.5. The molecule has 2 rings (SSSR count). The van der Waals surface area contributed by atoms with Crippen LogP contribution in [0.2, 0.25) is 5.02 Å². The van der Waals surface area contributed by atoms with Crippen molar-refractivity contribution in [2.75, 3.05) is 6.54 Å². The van der Waals surface area contributed by atoms with E-state index in [9.17, 15) is 0 Å². The van der Waals surface area contributed by atoms with Gasteiger partial charge in [-0.15, -0.1) is 0 Å². The Morgan fingerprint density at radius 2 is 2.06 bits per heavy atom. The zero-order chi connectivity index (χ0) is 13.0. The van der Waals surface area contributed by atoms with Gasteiger partial charge in [0.25, 0.3) is 0 Å². The van der Waals surface area contributed by atoms with Crippen LogP contribution in [0.15, 0.2) is 36.7 Å². The van der Waals surface area contributed by atoms with Gasteiger partial charge in [0.15, 0.2) is 0 Å². The van der Waals surface area contributed by atoms with E-state index >= 15 is 0 Å². The van der Waals surface area contributed by atoms with E-state index in [1.807, 2.05) is 30.1 Å². The zero-order valence-electron chi connectivity index (χ0n) is 10.5. The van der Waals surface area contributed by atoms with E-state index in [1.165, 1.54) is 11.1 Å². The highest BCUT2D eigenvalue weighted by molar-refractivity contribution is 6.30. The van der Waals surface area contributed by atoms with Crippen molar-refractivity contribution in [1.29, 1.82) is 0 Å². The SMILES string of the molecule is Cn1cc(CCC(CN)c2ccc(Cl)cc2)cn1. The summed E-state index contributed by atoms with van der Waals surface area (Å²) in [6.45, 7) is 0.655. The number of benzene rings is 1. The molecule has 0 aliphatic rings. The van der Waals surface area contributed by atoms with Crippen LogP contribution in [-0.4, -0.2) is 16.3 Å². The molecule has 1 aromatic heterocycles. The largest absolute Gasteiger partial charge is 0.330 e. The lowest BCUT2D eigenvalue weighted by atomic mass is 9.93. The second-order valence-corrected chi connectivity index (χ2v) is 4.98. The summed E-state index contributed by atoms with van der Waals surface area (Å²) in [5, 5.41) is 4.94. The monoisotopic (exact) mass is 263 g/mol. The molecule has 0 radical (unpaired) electrons. The molecule has 0 aliphatic heterocycles. The number of hydrogen-bond donors (Lipinski definition) is 1. The number of halogens is 1. The Bertz CT molecular complexity index is 490. The van der Waals surface area contributed by atoms with Gasteiger partial charge in [0.05, 0.1) is 6.20 Å². The highest BCUT2D eigenvalue weighted by Gasteiger charge is 2.10. The quantitative estimate of drug-likeness (QED) is 0.902. The molecule has 0 aliphatic carbocycles. The number of nitrogens with two attached hydrogens (primary N) is 1. The molecule has 1 aromatic carbocycles. The number of aromatic nitrogens is 2. The minimum absolute atomic E-state index is 0.377. The maximum atomic E-state index is 5.89. The third kappa shape index (κ3) is 3.34. The molecular formula is C14H18ClN3. The van der Waals surface area contributed by atoms with E-state index in [4.69, 9.17) is 17.3 Å². The fourth-order valence-electron chi connectivity index (χ4n) is 2.10. The Balaban J connectivity index is 1.99.